The van der Waals surface area contributed by atoms with Crippen LogP contribution in [-0.4, -0.2) is 110 Å². The standard InChI is InChI=1S/C12H21NO11/c14-2-4-5(15)6(16)9(19)12(23-4)24-10-3(1-13-21)22-11(20)8(18)7(10)17/h3-12,14-20H,1-2H2/t3-,4?,5-,6?,7?,8?,9-,10+,11?,12-/m0/s1. The molecule has 0 saturated carbocycles. The molecule has 0 aromatic carbocycles. The molecule has 2 heterocycles. The van der Waals surface area contributed by atoms with Crippen LogP contribution in [0.2, 0.25) is 0 Å². The molecular weight excluding hydrogens is 334 g/mol. The maximum absolute atomic E-state index is 10.5. The number of nitrogens with zero attached hydrogens (tertiary/aromatic N) is 1. The number of hydrogen-bond donors (Lipinski definition) is 7. The monoisotopic (exact) mass is 355 g/mol. The molecule has 10 atom stereocenters. The molecule has 2 saturated heterocycles. The van der Waals surface area contributed by atoms with Crippen LogP contribution in [0.5, 0.6) is 0 Å². The van der Waals surface area contributed by atoms with Crippen LogP contribution in [-0.2, 0) is 14.2 Å². The largest absolute Gasteiger partial charge is 0.394 e. The zero-order valence-electron chi connectivity index (χ0n) is 12.4. The summed E-state index contributed by atoms with van der Waals surface area (Å²) in [5.41, 5.74) is 0. The van der Waals surface area contributed by atoms with E-state index in [4.69, 9.17) is 19.3 Å². The van der Waals surface area contributed by atoms with Crippen molar-refractivity contribution < 1.29 is 50.0 Å². The van der Waals surface area contributed by atoms with Gasteiger partial charge >= 0.3 is 0 Å². The fourth-order valence-electron chi connectivity index (χ4n) is 2.64. The Bertz CT molecular complexity index is 424. The predicted octanol–water partition coefficient (Wildman–Crippen LogP) is -4.62. The normalized spacial score (nSPS) is 49.8. The third kappa shape index (κ3) is 3.72. The molecular formula is C12H21NO11. The van der Waals surface area contributed by atoms with E-state index in [1.54, 1.807) is 0 Å². The lowest BCUT2D eigenvalue weighted by Gasteiger charge is -2.45. The van der Waals surface area contributed by atoms with Gasteiger partial charge in [-0.3, -0.25) is 0 Å². The second-order valence-corrected chi connectivity index (χ2v) is 5.66. The van der Waals surface area contributed by atoms with Crippen LogP contribution >= 0.6 is 0 Å². The smallest absolute Gasteiger partial charge is 0.187 e. The fraction of sp³-hybridized carbons (Fsp3) is 1.00. The summed E-state index contributed by atoms with van der Waals surface area (Å²) >= 11 is 0. The molecule has 5 unspecified atom stereocenters. The quantitative estimate of drug-likeness (QED) is 0.234. The van der Waals surface area contributed by atoms with Crippen molar-refractivity contribution in [3.05, 3.63) is 4.91 Å². The first-order valence-corrected chi connectivity index (χ1v) is 7.26. The zero-order valence-corrected chi connectivity index (χ0v) is 12.4. The molecule has 7 N–H and O–H groups in total. The summed E-state index contributed by atoms with van der Waals surface area (Å²) in [6, 6.07) is 0. The predicted molar refractivity (Wildman–Crippen MR) is 72.2 cm³/mol. The first-order valence-electron chi connectivity index (χ1n) is 7.26. The van der Waals surface area contributed by atoms with Gasteiger partial charge in [-0.1, -0.05) is 5.18 Å². The van der Waals surface area contributed by atoms with Crippen LogP contribution in [0.3, 0.4) is 0 Å². The van der Waals surface area contributed by atoms with Gasteiger partial charge in [0.05, 0.1) is 6.61 Å². The molecule has 0 aliphatic carbocycles. The van der Waals surface area contributed by atoms with Crippen LogP contribution in [0.1, 0.15) is 0 Å². The highest BCUT2D eigenvalue weighted by Gasteiger charge is 2.50. The van der Waals surface area contributed by atoms with E-state index in [0.717, 1.165) is 0 Å². The molecule has 0 amide bonds. The van der Waals surface area contributed by atoms with E-state index < -0.39 is 74.6 Å². The van der Waals surface area contributed by atoms with E-state index in [9.17, 15) is 35.5 Å². The van der Waals surface area contributed by atoms with Crippen molar-refractivity contribution in [1.29, 1.82) is 0 Å². The summed E-state index contributed by atoms with van der Waals surface area (Å²) in [5, 5.41) is 70.1. The summed E-state index contributed by atoms with van der Waals surface area (Å²) < 4.78 is 15.3. The molecule has 0 bridgehead atoms. The molecule has 2 rings (SSSR count). The Labute approximate surface area is 135 Å². The van der Waals surface area contributed by atoms with E-state index in [1.165, 1.54) is 0 Å². The van der Waals surface area contributed by atoms with Crippen molar-refractivity contribution in [1.82, 2.24) is 0 Å². The topological polar surface area (TPSA) is 199 Å². The van der Waals surface area contributed by atoms with E-state index in [0.29, 0.717) is 0 Å². The Balaban J connectivity index is 2.14. The number of hydrogen-bond acceptors (Lipinski definition) is 12. The minimum absolute atomic E-state index is 0.539. The average molecular weight is 355 g/mol. The minimum Gasteiger partial charge on any atom is -0.394 e. The van der Waals surface area contributed by atoms with Crippen molar-refractivity contribution in [2.75, 3.05) is 13.2 Å². The Morgan fingerprint density at radius 2 is 1.50 bits per heavy atom. The number of aliphatic hydroxyl groups excluding tert-OH is 7. The van der Waals surface area contributed by atoms with E-state index >= 15 is 0 Å². The Hall–Kier alpha value is -0.800. The van der Waals surface area contributed by atoms with Crippen LogP contribution in [0.4, 0.5) is 0 Å². The molecule has 0 radical (unpaired) electrons. The molecule has 0 aromatic rings. The summed E-state index contributed by atoms with van der Waals surface area (Å²) in [4.78, 5) is 10.5. The fourth-order valence-corrected chi connectivity index (χ4v) is 2.64. The van der Waals surface area contributed by atoms with Gasteiger partial charge in [-0.25, -0.2) is 0 Å². The number of ether oxygens (including phenoxy) is 3. The Kier molecular flexibility index (Phi) is 6.55. The molecule has 12 heteroatoms. The molecule has 24 heavy (non-hydrogen) atoms. The lowest BCUT2D eigenvalue weighted by atomic mass is 9.97. The highest BCUT2D eigenvalue weighted by atomic mass is 16.7. The Morgan fingerprint density at radius 1 is 0.833 bits per heavy atom. The summed E-state index contributed by atoms with van der Waals surface area (Å²) in [5.74, 6) is 0. The zero-order chi connectivity index (χ0) is 18.0. The highest BCUT2D eigenvalue weighted by Crippen LogP contribution is 2.28. The van der Waals surface area contributed by atoms with Gasteiger partial charge in [-0.15, -0.1) is 0 Å². The van der Waals surface area contributed by atoms with Gasteiger partial charge in [0, 0.05) is 0 Å². The van der Waals surface area contributed by atoms with Gasteiger partial charge in [0.1, 0.15) is 55.4 Å². The van der Waals surface area contributed by atoms with Crippen molar-refractivity contribution in [2.45, 2.75) is 61.4 Å². The van der Waals surface area contributed by atoms with Gasteiger partial charge in [0.15, 0.2) is 12.6 Å². The van der Waals surface area contributed by atoms with Gasteiger partial charge in [-0.05, 0) is 0 Å². The van der Waals surface area contributed by atoms with Crippen molar-refractivity contribution in [2.24, 2.45) is 5.18 Å². The van der Waals surface area contributed by atoms with Crippen LogP contribution in [0.25, 0.3) is 0 Å². The van der Waals surface area contributed by atoms with Gasteiger partial charge < -0.3 is 50.0 Å². The van der Waals surface area contributed by atoms with E-state index in [2.05, 4.69) is 5.18 Å². The lowest BCUT2D eigenvalue weighted by molar-refractivity contribution is -0.352. The first kappa shape index (κ1) is 19.5. The molecule has 140 valence electrons. The van der Waals surface area contributed by atoms with Crippen molar-refractivity contribution >= 4 is 0 Å². The summed E-state index contributed by atoms with van der Waals surface area (Å²) in [7, 11) is 0. The average Bonchev–Trinajstić information content (AvgIpc) is 2.56. The lowest BCUT2D eigenvalue weighted by Crippen LogP contribution is -2.64. The van der Waals surface area contributed by atoms with Crippen LogP contribution in [0, 0.1) is 4.91 Å². The number of nitroso groups, excluding NO2 is 1. The number of rotatable bonds is 5. The van der Waals surface area contributed by atoms with E-state index in [1.807, 2.05) is 0 Å². The van der Waals surface area contributed by atoms with E-state index in [-0.39, 0.29) is 0 Å². The highest BCUT2D eigenvalue weighted by molar-refractivity contribution is 4.94. The first-order chi connectivity index (χ1) is 11.3. The molecule has 0 aromatic heterocycles. The third-order valence-corrected chi connectivity index (χ3v) is 4.05. The SMILES string of the molecule is O=NC[C@@H]1OC(O)C(O)C(O)[C@@H]1O[C@@H]1OC(CO)[C@H](O)C(O)[C@@H]1O. The van der Waals surface area contributed by atoms with Gasteiger partial charge in [0.25, 0.3) is 0 Å². The van der Waals surface area contributed by atoms with Gasteiger partial charge in [0.2, 0.25) is 0 Å². The Morgan fingerprint density at radius 3 is 2.08 bits per heavy atom. The second kappa shape index (κ2) is 8.05. The van der Waals surface area contributed by atoms with Crippen LogP contribution < -0.4 is 0 Å². The molecule has 0 spiro atoms. The maximum atomic E-state index is 10.5. The number of aliphatic hydroxyl groups is 7. The molecule has 2 fully saturated rings. The molecule has 2 aliphatic heterocycles. The summed E-state index contributed by atoms with van der Waals surface area (Å²) in [6.45, 7) is -1.22. The van der Waals surface area contributed by atoms with Crippen LogP contribution in [0.15, 0.2) is 5.18 Å². The second-order valence-electron chi connectivity index (χ2n) is 5.66. The third-order valence-electron chi connectivity index (χ3n) is 4.05. The minimum atomic E-state index is -1.78. The summed E-state index contributed by atoms with van der Waals surface area (Å²) in [6.07, 6.45) is -15.9. The maximum Gasteiger partial charge on any atom is 0.187 e. The molecule has 2 aliphatic rings. The van der Waals surface area contributed by atoms with Crippen molar-refractivity contribution in [3.8, 4) is 0 Å². The van der Waals surface area contributed by atoms with Crippen molar-refractivity contribution in [3.63, 3.8) is 0 Å². The van der Waals surface area contributed by atoms with Gasteiger partial charge in [-0.2, -0.15) is 4.91 Å². The molecule has 12 nitrogen and oxygen atoms in total.